The molecule has 1 amide bonds. The number of fused-ring (bicyclic) bond motifs is 3. The Balaban J connectivity index is 1.30. The number of carbonyl (C=O) groups is 1. The Labute approximate surface area is 192 Å². The summed E-state index contributed by atoms with van der Waals surface area (Å²) in [5, 5.41) is 8.21. The summed E-state index contributed by atoms with van der Waals surface area (Å²) in [6, 6.07) is 19.2. The lowest BCUT2D eigenvalue weighted by molar-refractivity contribution is -0.116. The average molecular weight is 446 g/mol. The molecule has 2 N–H and O–H groups in total. The van der Waals surface area contributed by atoms with Crippen molar-refractivity contribution in [3.05, 3.63) is 60.7 Å². The van der Waals surface area contributed by atoms with Gasteiger partial charge >= 0.3 is 0 Å². The summed E-state index contributed by atoms with van der Waals surface area (Å²) in [4.78, 5) is 15.2. The van der Waals surface area contributed by atoms with Crippen LogP contribution in [0.3, 0.4) is 0 Å². The largest absolute Gasteiger partial charge is 0.495 e. The molecule has 0 radical (unpaired) electrons. The summed E-state index contributed by atoms with van der Waals surface area (Å²) in [6.45, 7) is 5.12. The fraction of sp³-hybridized carbons (Fsp3) is 0.269. The molecule has 7 nitrogen and oxygen atoms in total. The van der Waals surface area contributed by atoms with Gasteiger partial charge in [0.25, 0.3) is 0 Å². The van der Waals surface area contributed by atoms with Crippen LogP contribution < -0.4 is 20.3 Å². The summed E-state index contributed by atoms with van der Waals surface area (Å²) in [5.74, 6) is 0.422. The Hall–Kier alpha value is -3.71. The standard InChI is InChI=1S/C26H27N3O4/c1-17(27-18-7-9-19(10-8-18)29-11-13-32-14-12-29)26(30)28-22-16-24-21(15-25(22)31-2)20-5-3-4-6-23(20)33-24/h3-10,15-17,27H,11-14H2,1-2H3,(H,28,30)/t17-/m1/s1. The van der Waals surface area contributed by atoms with E-state index in [0.717, 1.165) is 54.0 Å². The Kier molecular flexibility index (Phi) is 5.79. The molecule has 33 heavy (non-hydrogen) atoms. The molecule has 4 aromatic rings. The first kappa shape index (κ1) is 21.2. The van der Waals surface area contributed by atoms with Gasteiger partial charge in [-0.05, 0) is 43.3 Å². The fourth-order valence-electron chi connectivity index (χ4n) is 4.16. The molecule has 7 heteroatoms. The average Bonchev–Trinajstić information content (AvgIpc) is 3.21. The smallest absolute Gasteiger partial charge is 0.246 e. The second kappa shape index (κ2) is 9.03. The van der Waals surface area contributed by atoms with Gasteiger partial charge in [0, 0.05) is 41.3 Å². The Morgan fingerprint density at radius 1 is 1.00 bits per heavy atom. The van der Waals surface area contributed by atoms with E-state index in [9.17, 15) is 4.79 Å². The third kappa shape index (κ3) is 4.32. The predicted octanol–water partition coefficient (Wildman–Crippen LogP) is 4.87. The third-order valence-electron chi connectivity index (χ3n) is 5.98. The van der Waals surface area contributed by atoms with Crippen LogP contribution in [0.2, 0.25) is 0 Å². The van der Waals surface area contributed by atoms with Gasteiger partial charge in [0.2, 0.25) is 5.91 Å². The summed E-state index contributed by atoms with van der Waals surface area (Å²) >= 11 is 0. The number of nitrogens with zero attached hydrogens (tertiary/aromatic N) is 1. The van der Waals surface area contributed by atoms with E-state index >= 15 is 0 Å². The first-order valence-corrected chi connectivity index (χ1v) is 11.1. The zero-order valence-electron chi connectivity index (χ0n) is 18.8. The van der Waals surface area contributed by atoms with E-state index in [-0.39, 0.29) is 5.91 Å². The SMILES string of the molecule is COc1cc2c(cc1NC(=O)[C@@H](C)Nc1ccc(N3CCOCC3)cc1)oc1ccccc12. The molecule has 0 unspecified atom stereocenters. The van der Waals surface area contributed by atoms with Gasteiger partial charge in [0.05, 0.1) is 26.0 Å². The van der Waals surface area contributed by atoms with Crippen LogP contribution >= 0.6 is 0 Å². The topological polar surface area (TPSA) is 76.0 Å². The van der Waals surface area contributed by atoms with Crippen LogP contribution in [0.25, 0.3) is 21.9 Å². The molecule has 1 atom stereocenters. The van der Waals surface area contributed by atoms with Crippen LogP contribution in [-0.4, -0.2) is 45.4 Å². The quantitative estimate of drug-likeness (QED) is 0.441. The first-order valence-electron chi connectivity index (χ1n) is 11.1. The molecule has 0 aliphatic carbocycles. The van der Waals surface area contributed by atoms with E-state index in [1.165, 1.54) is 0 Å². The van der Waals surface area contributed by atoms with E-state index in [2.05, 4.69) is 27.7 Å². The van der Waals surface area contributed by atoms with Crippen molar-refractivity contribution in [2.45, 2.75) is 13.0 Å². The van der Waals surface area contributed by atoms with E-state index in [1.807, 2.05) is 55.5 Å². The minimum absolute atomic E-state index is 0.166. The lowest BCUT2D eigenvalue weighted by Crippen LogP contribution is -2.36. The lowest BCUT2D eigenvalue weighted by Gasteiger charge is -2.29. The number of carbonyl (C=O) groups excluding carboxylic acids is 1. The van der Waals surface area contributed by atoms with Crippen LogP contribution in [0, 0.1) is 0 Å². The summed E-state index contributed by atoms with van der Waals surface area (Å²) in [7, 11) is 1.59. The number of anilines is 3. The molecule has 2 heterocycles. The number of nitrogens with one attached hydrogen (secondary N) is 2. The summed E-state index contributed by atoms with van der Waals surface area (Å²) < 4.78 is 16.9. The number of hydrogen-bond acceptors (Lipinski definition) is 6. The summed E-state index contributed by atoms with van der Waals surface area (Å²) in [6.07, 6.45) is 0. The van der Waals surface area contributed by atoms with Crippen molar-refractivity contribution in [3.63, 3.8) is 0 Å². The Bertz CT molecular complexity index is 1280. The maximum Gasteiger partial charge on any atom is 0.246 e. The zero-order valence-corrected chi connectivity index (χ0v) is 18.8. The number of morpholine rings is 1. The van der Waals surface area contributed by atoms with Crippen LogP contribution in [0.5, 0.6) is 5.75 Å². The molecule has 0 bridgehead atoms. The van der Waals surface area contributed by atoms with Crippen LogP contribution in [0.4, 0.5) is 17.1 Å². The predicted molar refractivity (Wildman–Crippen MR) is 131 cm³/mol. The molecule has 1 saturated heterocycles. The maximum absolute atomic E-state index is 12.9. The van der Waals surface area contributed by atoms with Crippen molar-refractivity contribution in [2.75, 3.05) is 48.9 Å². The van der Waals surface area contributed by atoms with Gasteiger partial charge in [-0.2, -0.15) is 0 Å². The third-order valence-corrected chi connectivity index (χ3v) is 5.98. The molecule has 1 fully saturated rings. The van der Waals surface area contributed by atoms with Gasteiger partial charge in [0.1, 0.15) is 23.0 Å². The molecule has 170 valence electrons. The number of amides is 1. The van der Waals surface area contributed by atoms with Gasteiger partial charge in [-0.25, -0.2) is 0 Å². The van der Waals surface area contributed by atoms with Crippen molar-refractivity contribution >= 4 is 44.9 Å². The molecular weight excluding hydrogens is 418 g/mol. The van der Waals surface area contributed by atoms with Crippen molar-refractivity contribution in [2.24, 2.45) is 0 Å². The molecule has 1 aromatic heterocycles. The van der Waals surface area contributed by atoms with Crippen molar-refractivity contribution < 1.29 is 18.7 Å². The second-order valence-corrected chi connectivity index (χ2v) is 8.15. The van der Waals surface area contributed by atoms with Gasteiger partial charge < -0.3 is 29.4 Å². The Morgan fingerprint density at radius 3 is 2.52 bits per heavy atom. The van der Waals surface area contributed by atoms with Gasteiger partial charge in [-0.1, -0.05) is 18.2 Å². The molecule has 0 spiro atoms. The fourth-order valence-corrected chi connectivity index (χ4v) is 4.16. The highest BCUT2D eigenvalue weighted by Crippen LogP contribution is 2.36. The number of para-hydroxylation sites is 1. The lowest BCUT2D eigenvalue weighted by atomic mass is 10.1. The molecule has 1 aliphatic heterocycles. The number of hydrogen-bond donors (Lipinski definition) is 2. The maximum atomic E-state index is 12.9. The van der Waals surface area contributed by atoms with E-state index in [4.69, 9.17) is 13.9 Å². The van der Waals surface area contributed by atoms with Crippen molar-refractivity contribution in [1.29, 1.82) is 0 Å². The number of furan rings is 1. The van der Waals surface area contributed by atoms with Gasteiger partial charge in [-0.15, -0.1) is 0 Å². The first-order chi connectivity index (χ1) is 16.1. The van der Waals surface area contributed by atoms with Crippen LogP contribution in [-0.2, 0) is 9.53 Å². The zero-order chi connectivity index (χ0) is 22.8. The Morgan fingerprint density at radius 2 is 1.76 bits per heavy atom. The van der Waals surface area contributed by atoms with E-state index in [1.54, 1.807) is 7.11 Å². The monoisotopic (exact) mass is 445 g/mol. The normalized spacial score (nSPS) is 14.9. The minimum Gasteiger partial charge on any atom is -0.495 e. The number of rotatable bonds is 6. The highest BCUT2D eigenvalue weighted by Gasteiger charge is 2.18. The van der Waals surface area contributed by atoms with Crippen molar-refractivity contribution in [1.82, 2.24) is 0 Å². The minimum atomic E-state index is -0.449. The van der Waals surface area contributed by atoms with Crippen LogP contribution in [0.1, 0.15) is 6.92 Å². The molecule has 3 aromatic carbocycles. The van der Waals surface area contributed by atoms with Crippen molar-refractivity contribution in [3.8, 4) is 5.75 Å². The van der Waals surface area contributed by atoms with Gasteiger partial charge in [-0.3, -0.25) is 4.79 Å². The number of methoxy groups -OCH3 is 1. The van der Waals surface area contributed by atoms with E-state index < -0.39 is 6.04 Å². The van der Waals surface area contributed by atoms with Crippen LogP contribution in [0.15, 0.2) is 65.1 Å². The second-order valence-electron chi connectivity index (χ2n) is 8.15. The summed E-state index contributed by atoms with van der Waals surface area (Å²) in [5.41, 5.74) is 4.12. The molecule has 1 aliphatic rings. The molecule has 0 saturated carbocycles. The highest BCUT2D eigenvalue weighted by atomic mass is 16.5. The molecule has 5 rings (SSSR count). The number of benzene rings is 3. The van der Waals surface area contributed by atoms with Gasteiger partial charge in [0.15, 0.2) is 0 Å². The highest BCUT2D eigenvalue weighted by molar-refractivity contribution is 6.08. The van der Waals surface area contributed by atoms with E-state index in [0.29, 0.717) is 17.0 Å². The molecular formula is C26H27N3O4. The number of ether oxygens (including phenoxy) is 2.